The SMILES string of the molecule is OCC(NCC1Cc2ccccc2O1)c1ccccc1. The van der Waals surface area contributed by atoms with Gasteiger partial charge >= 0.3 is 0 Å². The van der Waals surface area contributed by atoms with E-state index in [0.29, 0.717) is 0 Å². The van der Waals surface area contributed by atoms with Crippen LogP contribution in [0.2, 0.25) is 0 Å². The first-order valence-electron chi connectivity index (χ1n) is 7.00. The largest absolute Gasteiger partial charge is 0.488 e. The lowest BCUT2D eigenvalue weighted by molar-refractivity contribution is 0.197. The number of benzene rings is 2. The zero-order valence-electron chi connectivity index (χ0n) is 11.3. The van der Waals surface area contributed by atoms with Gasteiger partial charge in [-0.15, -0.1) is 0 Å². The number of aliphatic hydroxyl groups excluding tert-OH is 1. The molecule has 0 aromatic heterocycles. The molecule has 3 heteroatoms. The molecule has 1 aliphatic heterocycles. The predicted octanol–water partition coefficient (Wildman–Crippen LogP) is 2.31. The highest BCUT2D eigenvalue weighted by Crippen LogP contribution is 2.28. The fraction of sp³-hybridized carbons (Fsp3) is 0.294. The lowest BCUT2D eigenvalue weighted by Gasteiger charge is -2.19. The molecule has 3 nitrogen and oxygen atoms in total. The molecule has 2 atom stereocenters. The van der Waals surface area contributed by atoms with Gasteiger partial charge in [0.15, 0.2) is 0 Å². The molecular formula is C17H19NO2. The molecule has 2 aromatic carbocycles. The minimum absolute atomic E-state index is 0.0384. The molecule has 0 amide bonds. The number of para-hydroxylation sites is 1. The van der Waals surface area contributed by atoms with E-state index < -0.39 is 0 Å². The van der Waals surface area contributed by atoms with Crippen molar-refractivity contribution in [1.82, 2.24) is 5.32 Å². The molecule has 1 aliphatic rings. The first kappa shape index (κ1) is 13.2. The Kier molecular flexibility index (Phi) is 4.00. The van der Waals surface area contributed by atoms with Crippen LogP contribution >= 0.6 is 0 Å². The molecule has 3 rings (SSSR count). The number of hydrogen-bond donors (Lipinski definition) is 2. The summed E-state index contributed by atoms with van der Waals surface area (Å²) in [6.45, 7) is 0.818. The molecule has 2 N–H and O–H groups in total. The Morgan fingerprint density at radius 3 is 2.60 bits per heavy atom. The summed E-state index contributed by atoms with van der Waals surface area (Å²) in [4.78, 5) is 0. The van der Waals surface area contributed by atoms with Crippen LogP contribution in [0.3, 0.4) is 0 Å². The fourth-order valence-electron chi connectivity index (χ4n) is 2.61. The highest BCUT2D eigenvalue weighted by atomic mass is 16.5. The minimum Gasteiger partial charge on any atom is -0.488 e. The molecule has 2 unspecified atom stereocenters. The van der Waals surface area contributed by atoms with E-state index in [4.69, 9.17) is 4.74 Å². The normalized spacial score (nSPS) is 18.4. The van der Waals surface area contributed by atoms with Gasteiger partial charge in [0.25, 0.3) is 0 Å². The first-order valence-corrected chi connectivity index (χ1v) is 7.00. The van der Waals surface area contributed by atoms with Crippen LogP contribution < -0.4 is 10.1 Å². The van der Waals surface area contributed by atoms with Crippen LogP contribution in [-0.2, 0) is 6.42 Å². The molecule has 104 valence electrons. The third-order valence-electron chi connectivity index (χ3n) is 3.69. The molecule has 0 fully saturated rings. The van der Waals surface area contributed by atoms with E-state index in [0.717, 1.165) is 24.3 Å². The van der Waals surface area contributed by atoms with Crippen LogP contribution in [0.1, 0.15) is 17.2 Å². The van der Waals surface area contributed by atoms with E-state index >= 15 is 0 Å². The zero-order valence-corrected chi connectivity index (χ0v) is 11.3. The number of rotatable bonds is 5. The molecule has 0 spiro atoms. The van der Waals surface area contributed by atoms with Crippen LogP contribution in [0.25, 0.3) is 0 Å². The molecule has 0 saturated carbocycles. The molecule has 1 heterocycles. The van der Waals surface area contributed by atoms with Crippen molar-refractivity contribution in [1.29, 1.82) is 0 Å². The van der Waals surface area contributed by atoms with Gasteiger partial charge in [0.1, 0.15) is 11.9 Å². The van der Waals surface area contributed by atoms with Crippen molar-refractivity contribution in [2.45, 2.75) is 18.6 Å². The maximum Gasteiger partial charge on any atom is 0.123 e. The summed E-state index contributed by atoms with van der Waals surface area (Å²) in [6, 6.07) is 18.1. The monoisotopic (exact) mass is 269 g/mol. The van der Waals surface area contributed by atoms with E-state index in [1.165, 1.54) is 5.56 Å². The summed E-state index contributed by atoms with van der Waals surface area (Å²) in [5, 5.41) is 12.9. The maximum absolute atomic E-state index is 9.52. The fourth-order valence-corrected chi connectivity index (χ4v) is 2.61. The van der Waals surface area contributed by atoms with Crippen LogP contribution in [0.5, 0.6) is 5.75 Å². The number of ether oxygens (including phenoxy) is 1. The van der Waals surface area contributed by atoms with Gasteiger partial charge in [-0.2, -0.15) is 0 Å². The van der Waals surface area contributed by atoms with Gasteiger partial charge in [-0.25, -0.2) is 0 Å². The summed E-state index contributed by atoms with van der Waals surface area (Å²) >= 11 is 0. The number of aliphatic hydroxyl groups is 1. The van der Waals surface area contributed by atoms with Crippen LogP contribution in [0.15, 0.2) is 54.6 Å². The predicted molar refractivity (Wildman–Crippen MR) is 78.8 cm³/mol. The van der Waals surface area contributed by atoms with Gasteiger partial charge in [0.05, 0.1) is 12.6 Å². The molecule has 0 bridgehead atoms. The highest BCUT2D eigenvalue weighted by molar-refractivity contribution is 5.37. The Bertz CT molecular complexity index is 531. The summed E-state index contributed by atoms with van der Waals surface area (Å²) in [7, 11) is 0. The van der Waals surface area contributed by atoms with E-state index in [1.54, 1.807) is 0 Å². The summed E-state index contributed by atoms with van der Waals surface area (Å²) in [5.41, 5.74) is 2.37. The second kappa shape index (κ2) is 6.07. The minimum atomic E-state index is -0.0384. The average Bonchev–Trinajstić information content (AvgIpc) is 2.92. The topological polar surface area (TPSA) is 41.5 Å². The average molecular weight is 269 g/mol. The molecule has 0 saturated heterocycles. The van der Waals surface area contributed by atoms with Crippen molar-refractivity contribution in [3.05, 3.63) is 65.7 Å². The molecule has 2 aromatic rings. The lowest BCUT2D eigenvalue weighted by Crippen LogP contribution is -2.34. The van der Waals surface area contributed by atoms with Gasteiger partial charge in [-0.05, 0) is 17.2 Å². The van der Waals surface area contributed by atoms with E-state index in [2.05, 4.69) is 11.4 Å². The van der Waals surface area contributed by atoms with Crippen molar-refractivity contribution in [3.8, 4) is 5.75 Å². The Morgan fingerprint density at radius 2 is 1.85 bits per heavy atom. The van der Waals surface area contributed by atoms with Crippen molar-refractivity contribution in [2.75, 3.05) is 13.2 Å². The van der Waals surface area contributed by atoms with Crippen molar-refractivity contribution >= 4 is 0 Å². The number of hydrogen-bond acceptors (Lipinski definition) is 3. The second-order valence-corrected chi connectivity index (χ2v) is 5.11. The summed E-state index contributed by atoms with van der Waals surface area (Å²) in [5.74, 6) is 0.986. The van der Waals surface area contributed by atoms with Gasteiger partial charge < -0.3 is 15.2 Å². The quantitative estimate of drug-likeness (QED) is 0.875. The van der Waals surface area contributed by atoms with Crippen LogP contribution in [0.4, 0.5) is 0 Å². The maximum atomic E-state index is 9.52. The van der Waals surface area contributed by atoms with Crippen molar-refractivity contribution in [2.24, 2.45) is 0 Å². The van der Waals surface area contributed by atoms with Gasteiger partial charge in [0, 0.05) is 13.0 Å². The number of fused-ring (bicyclic) bond motifs is 1. The molecular weight excluding hydrogens is 250 g/mol. The van der Waals surface area contributed by atoms with Crippen molar-refractivity contribution in [3.63, 3.8) is 0 Å². The lowest BCUT2D eigenvalue weighted by atomic mass is 10.1. The number of nitrogens with one attached hydrogen (secondary N) is 1. The molecule has 20 heavy (non-hydrogen) atoms. The Hall–Kier alpha value is -1.84. The van der Waals surface area contributed by atoms with Crippen LogP contribution in [-0.4, -0.2) is 24.4 Å². The Morgan fingerprint density at radius 1 is 1.10 bits per heavy atom. The Balaban J connectivity index is 1.58. The van der Waals surface area contributed by atoms with E-state index in [1.807, 2.05) is 48.5 Å². The van der Waals surface area contributed by atoms with Crippen molar-refractivity contribution < 1.29 is 9.84 Å². The summed E-state index contributed by atoms with van der Waals surface area (Å²) in [6.07, 6.45) is 1.07. The second-order valence-electron chi connectivity index (χ2n) is 5.11. The van der Waals surface area contributed by atoms with E-state index in [9.17, 15) is 5.11 Å². The van der Waals surface area contributed by atoms with E-state index in [-0.39, 0.29) is 18.8 Å². The standard InChI is InChI=1S/C17H19NO2/c19-12-16(13-6-2-1-3-7-13)18-11-15-10-14-8-4-5-9-17(14)20-15/h1-9,15-16,18-19H,10-12H2. The highest BCUT2D eigenvalue weighted by Gasteiger charge is 2.23. The summed E-state index contributed by atoms with van der Waals surface area (Å²) < 4.78 is 5.89. The van der Waals surface area contributed by atoms with Gasteiger partial charge in [0.2, 0.25) is 0 Å². The smallest absolute Gasteiger partial charge is 0.123 e. The first-order chi connectivity index (χ1) is 9.86. The third kappa shape index (κ3) is 2.84. The van der Waals surface area contributed by atoms with Gasteiger partial charge in [-0.3, -0.25) is 0 Å². The molecule has 0 radical (unpaired) electrons. The Labute approximate surface area is 119 Å². The van der Waals surface area contributed by atoms with Gasteiger partial charge in [-0.1, -0.05) is 48.5 Å². The van der Waals surface area contributed by atoms with Crippen LogP contribution in [0, 0.1) is 0 Å². The molecule has 0 aliphatic carbocycles. The third-order valence-corrected chi connectivity index (χ3v) is 3.69. The zero-order chi connectivity index (χ0) is 13.8.